The quantitative estimate of drug-likeness (QED) is 0.562. The summed E-state index contributed by atoms with van der Waals surface area (Å²) in [5.41, 5.74) is 6.62. The van der Waals surface area contributed by atoms with Crippen LogP contribution in [0.15, 0.2) is 24.8 Å². The fourth-order valence-electron chi connectivity index (χ4n) is 2.93. The van der Waals surface area contributed by atoms with E-state index in [9.17, 15) is 10.2 Å². The van der Waals surface area contributed by atoms with Crippen LogP contribution in [0.5, 0.6) is 0 Å². The van der Waals surface area contributed by atoms with Gasteiger partial charge in [-0.05, 0) is 12.0 Å². The summed E-state index contributed by atoms with van der Waals surface area (Å²) < 4.78 is 1.79. The van der Waals surface area contributed by atoms with Crippen molar-refractivity contribution in [2.45, 2.75) is 18.6 Å². The maximum atomic E-state index is 10.3. The number of imidazole rings is 1. The van der Waals surface area contributed by atoms with Gasteiger partial charge in [-0.25, -0.2) is 15.0 Å². The molecule has 1 aliphatic rings. The number of aliphatic hydroxyl groups excluding tert-OH is 2. The van der Waals surface area contributed by atoms with Gasteiger partial charge in [0.1, 0.15) is 11.8 Å². The fourth-order valence-corrected chi connectivity index (χ4v) is 3.36. The van der Waals surface area contributed by atoms with Crippen molar-refractivity contribution in [2.24, 2.45) is 5.41 Å². The number of nitrogens with zero attached hydrogens (tertiary/aromatic N) is 4. The predicted molar refractivity (Wildman–Crippen MR) is 78.8 cm³/mol. The number of rotatable bonds is 3. The van der Waals surface area contributed by atoms with Gasteiger partial charge < -0.3 is 20.5 Å². The summed E-state index contributed by atoms with van der Waals surface area (Å²) in [6.07, 6.45) is 2.58. The maximum absolute atomic E-state index is 10.3. The second-order valence-electron chi connectivity index (χ2n) is 5.32. The highest BCUT2D eigenvalue weighted by atomic mass is 35.5. The molecule has 0 aromatic carbocycles. The molecule has 1 fully saturated rings. The van der Waals surface area contributed by atoms with Crippen LogP contribution >= 0.6 is 11.6 Å². The van der Waals surface area contributed by atoms with Crippen molar-refractivity contribution in [1.82, 2.24) is 19.5 Å². The average Bonchev–Trinajstić information content (AvgIpc) is 3.00. The number of hydrogen-bond acceptors (Lipinski definition) is 6. The topological polar surface area (TPSA) is 110 Å². The van der Waals surface area contributed by atoms with Crippen molar-refractivity contribution in [3.63, 3.8) is 0 Å². The van der Waals surface area contributed by atoms with Crippen molar-refractivity contribution in [1.29, 1.82) is 0 Å². The van der Waals surface area contributed by atoms with Crippen LogP contribution in [-0.2, 0) is 0 Å². The Hall–Kier alpha value is -1.70. The Bertz CT molecular complexity index is 697. The molecule has 0 amide bonds. The molecular formula is C13H16ClN5O2. The zero-order valence-electron chi connectivity index (χ0n) is 11.3. The third-order valence-electron chi connectivity index (χ3n) is 4.37. The fraction of sp³-hybridized carbons (Fsp3) is 0.462. The summed E-state index contributed by atoms with van der Waals surface area (Å²) in [5.74, 6) is 0.401. The van der Waals surface area contributed by atoms with Crippen molar-refractivity contribution in [3.8, 4) is 0 Å². The molecule has 2 aromatic heterocycles. The van der Waals surface area contributed by atoms with Crippen molar-refractivity contribution < 1.29 is 10.2 Å². The second kappa shape index (κ2) is 4.94. The first kappa shape index (κ1) is 14.2. The highest BCUT2D eigenvalue weighted by Gasteiger charge is 2.50. The molecule has 1 aliphatic carbocycles. The van der Waals surface area contributed by atoms with Crippen LogP contribution in [-0.4, -0.2) is 48.3 Å². The Kier molecular flexibility index (Phi) is 3.35. The molecule has 3 atom stereocenters. The molecule has 3 rings (SSSR count). The van der Waals surface area contributed by atoms with Crippen molar-refractivity contribution >= 4 is 28.6 Å². The third kappa shape index (κ3) is 1.85. The number of anilines is 1. The van der Waals surface area contributed by atoms with Crippen LogP contribution in [0.25, 0.3) is 11.2 Å². The van der Waals surface area contributed by atoms with E-state index in [2.05, 4.69) is 21.5 Å². The normalized spacial score (nSPS) is 29.4. The molecule has 0 spiro atoms. The molecule has 1 saturated carbocycles. The van der Waals surface area contributed by atoms with Gasteiger partial charge in [0.15, 0.2) is 11.5 Å². The first-order chi connectivity index (χ1) is 10.0. The number of aliphatic hydroxyl groups is 2. The summed E-state index contributed by atoms with van der Waals surface area (Å²) >= 11 is 5.97. The molecule has 0 unspecified atom stereocenters. The Balaban J connectivity index is 2.09. The molecule has 0 aliphatic heterocycles. The van der Waals surface area contributed by atoms with Gasteiger partial charge in [-0.2, -0.15) is 0 Å². The lowest BCUT2D eigenvalue weighted by Gasteiger charge is -2.29. The van der Waals surface area contributed by atoms with Crippen LogP contribution in [0.4, 0.5) is 5.82 Å². The number of fused-ring (bicyclic) bond motifs is 1. The minimum atomic E-state index is -0.901. The van der Waals surface area contributed by atoms with E-state index in [0.29, 0.717) is 29.0 Å². The van der Waals surface area contributed by atoms with Gasteiger partial charge in [0.05, 0.1) is 30.5 Å². The molecule has 0 saturated heterocycles. The van der Waals surface area contributed by atoms with E-state index in [1.165, 1.54) is 6.33 Å². The van der Waals surface area contributed by atoms with E-state index >= 15 is 0 Å². The lowest BCUT2D eigenvalue weighted by Crippen LogP contribution is -2.37. The van der Waals surface area contributed by atoms with Crippen LogP contribution in [0.2, 0.25) is 0 Å². The van der Waals surface area contributed by atoms with E-state index in [4.69, 9.17) is 17.3 Å². The van der Waals surface area contributed by atoms with Crippen molar-refractivity contribution in [3.05, 3.63) is 24.8 Å². The molecule has 21 heavy (non-hydrogen) atoms. The minimum Gasteiger partial charge on any atom is -0.395 e. The zero-order chi connectivity index (χ0) is 15.2. The largest absolute Gasteiger partial charge is 0.395 e. The molecular weight excluding hydrogens is 294 g/mol. The first-order valence-electron chi connectivity index (χ1n) is 6.52. The molecule has 2 heterocycles. The summed E-state index contributed by atoms with van der Waals surface area (Å²) in [5, 5.41) is 20.0. The average molecular weight is 310 g/mol. The van der Waals surface area contributed by atoms with E-state index in [1.54, 1.807) is 10.9 Å². The minimum absolute atomic E-state index is 0.101. The van der Waals surface area contributed by atoms with Crippen LogP contribution in [0, 0.1) is 5.41 Å². The van der Waals surface area contributed by atoms with E-state index in [-0.39, 0.29) is 18.5 Å². The predicted octanol–water partition coefficient (Wildman–Crippen LogP) is 0.488. The van der Waals surface area contributed by atoms with E-state index in [0.717, 1.165) is 0 Å². The van der Waals surface area contributed by atoms with Gasteiger partial charge in [0.2, 0.25) is 0 Å². The Morgan fingerprint density at radius 1 is 1.48 bits per heavy atom. The van der Waals surface area contributed by atoms with Gasteiger partial charge in [-0.3, -0.25) is 0 Å². The highest BCUT2D eigenvalue weighted by molar-refractivity contribution is 6.18. The maximum Gasteiger partial charge on any atom is 0.165 e. The third-order valence-corrected chi connectivity index (χ3v) is 4.85. The summed E-state index contributed by atoms with van der Waals surface area (Å²) in [6, 6.07) is -0.245. The smallest absolute Gasteiger partial charge is 0.165 e. The number of halogens is 1. The molecule has 0 radical (unpaired) electrons. The number of aromatic nitrogens is 4. The molecule has 112 valence electrons. The van der Waals surface area contributed by atoms with Gasteiger partial charge in [-0.15, -0.1) is 11.6 Å². The Morgan fingerprint density at radius 2 is 2.24 bits per heavy atom. The Labute approximate surface area is 126 Å². The molecule has 2 aromatic rings. The number of nitrogen functional groups attached to an aromatic ring is 1. The summed E-state index contributed by atoms with van der Waals surface area (Å²) in [4.78, 5) is 12.3. The summed E-state index contributed by atoms with van der Waals surface area (Å²) in [7, 11) is 0. The van der Waals surface area contributed by atoms with Crippen LogP contribution in [0.3, 0.4) is 0 Å². The zero-order valence-corrected chi connectivity index (χ0v) is 12.0. The lowest BCUT2D eigenvalue weighted by atomic mass is 9.83. The van der Waals surface area contributed by atoms with Gasteiger partial charge >= 0.3 is 0 Å². The standard InChI is InChI=1S/C13H16ClN5O2/c1-7-8(2-9(21)13(7,3-14)4-20)19-6-18-10-11(15)16-5-17-12(10)19/h5-6,8-9,20-21H,1-4H2,(H2,15,16,17)/t8-,9-,13-/m0/s1. The van der Waals surface area contributed by atoms with E-state index < -0.39 is 11.5 Å². The monoisotopic (exact) mass is 309 g/mol. The highest BCUT2D eigenvalue weighted by Crippen LogP contribution is 2.49. The second-order valence-corrected chi connectivity index (χ2v) is 5.59. The van der Waals surface area contributed by atoms with Crippen LogP contribution < -0.4 is 5.73 Å². The molecule has 7 nitrogen and oxygen atoms in total. The lowest BCUT2D eigenvalue weighted by molar-refractivity contribution is 0.0416. The van der Waals surface area contributed by atoms with Gasteiger partial charge in [0, 0.05) is 5.88 Å². The molecule has 0 bridgehead atoms. The van der Waals surface area contributed by atoms with Gasteiger partial charge in [0.25, 0.3) is 0 Å². The summed E-state index contributed by atoms with van der Waals surface area (Å²) in [6.45, 7) is 3.79. The van der Waals surface area contributed by atoms with E-state index in [1.807, 2.05) is 0 Å². The molecule has 4 N–H and O–H groups in total. The van der Waals surface area contributed by atoms with Crippen molar-refractivity contribution in [2.75, 3.05) is 18.2 Å². The Morgan fingerprint density at radius 3 is 2.86 bits per heavy atom. The molecule has 8 heteroatoms. The number of nitrogens with two attached hydrogens (primary N) is 1. The van der Waals surface area contributed by atoms with Gasteiger partial charge in [-0.1, -0.05) is 6.58 Å². The number of alkyl halides is 1. The SMILES string of the molecule is C=C1[C@@H](n2cnc3c(N)ncnc32)C[C@H](O)[C@]1(CO)CCl. The van der Waals surface area contributed by atoms with Crippen LogP contribution in [0.1, 0.15) is 12.5 Å². The number of hydrogen-bond donors (Lipinski definition) is 3. The first-order valence-corrected chi connectivity index (χ1v) is 7.05.